The van der Waals surface area contributed by atoms with Gasteiger partial charge in [0.2, 0.25) is 0 Å². The second-order valence-corrected chi connectivity index (χ2v) is 8.92. The summed E-state index contributed by atoms with van der Waals surface area (Å²) in [6, 6.07) is 20.7. The number of nitrogens with two attached hydrogens (primary N) is 1. The number of aromatic nitrogens is 4. The molecule has 5 rings (SSSR count). The maximum absolute atomic E-state index is 6.35. The molecule has 0 spiro atoms. The van der Waals surface area contributed by atoms with E-state index in [0.29, 0.717) is 11.9 Å². The highest BCUT2D eigenvalue weighted by Crippen LogP contribution is 2.31. The second kappa shape index (κ2) is 10.2. The van der Waals surface area contributed by atoms with Crippen molar-refractivity contribution in [3.63, 3.8) is 0 Å². The molecule has 0 bridgehead atoms. The molecule has 5 aromatic rings. The van der Waals surface area contributed by atoms with E-state index >= 15 is 0 Å². The third-order valence-corrected chi connectivity index (χ3v) is 6.56. The lowest BCUT2D eigenvalue weighted by Crippen LogP contribution is -2.10. The van der Waals surface area contributed by atoms with Gasteiger partial charge in [-0.25, -0.2) is 15.0 Å². The minimum absolute atomic E-state index is 0.294. The highest BCUT2D eigenvalue weighted by Gasteiger charge is 2.17. The van der Waals surface area contributed by atoms with Gasteiger partial charge in [-0.3, -0.25) is 4.40 Å². The molecule has 1 unspecified atom stereocenters. The number of aryl methyl sites for hydroxylation is 1. The fraction of sp³-hybridized carbons (Fsp3) is 0.276. The van der Waals surface area contributed by atoms with E-state index < -0.39 is 0 Å². The van der Waals surface area contributed by atoms with Gasteiger partial charge in [0, 0.05) is 42.4 Å². The summed E-state index contributed by atoms with van der Waals surface area (Å²) in [6.45, 7) is 2.19. The predicted octanol–water partition coefficient (Wildman–Crippen LogP) is 6.33. The first-order chi connectivity index (χ1) is 17.2. The van der Waals surface area contributed by atoms with Crippen LogP contribution in [-0.2, 0) is 11.2 Å². The van der Waals surface area contributed by atoms with Gasteiger partial charge in [0.25, 0.3) is 0 Å². The SMILES string of the molecule is CCCC(CCCc1nc(-c2ccc3ccc(-c4ccccc4)nc3c2)c2c(N)nccn12)OC. The molecule has 0 radical (unpaired) electrons. The summed E-state index contributed by atoms with van der Waals surface area (Å²) in [5, 5.41) is 1.09. The fourth-order valence-electron chi connectivity index (χ4n) is 4.73. The van der Waals surface area contributed by atoms with Crippen molar-refractivity contribution in [1.82, 2.24) is 19.4 Å². The maximum Gasteiger partial charge on any atom is 0.150 e. The molecule has 3 heterocycles. The van der Waals surface area contributed by atoms with Crippen LogP contribution in [-0.4, -0.2) is 32.6 Å². The van der Waals surface area contributed by atoms with Gasteiger partial charge in [-0.05, 0) is 31.4 Å². The summed E-state index contributed by atoms with van der Waals surface area (Å²) in [4.78, 5) is 14.3. The lowest BCUT2D eigenvalue weighted by molar-refractivity contribution is 0.0856. The number of nitrogens with zero attached hydrogens (tertiary/aromatic N) is 4. The lowest BCUT2D eigenvalue weighted by atomic mass is 10.1. The smallest absolute Gasteiger partial charge is 0.150 e. The number of hydrogen-bond acceptors (Lipinski definition) is 5. The molecule has 0 amide bonds. The number of nitrogen functional groups attached to an aromatic ring is 1. The zero-order valence-corrected chi connectivity index (χ0v) is 20.3. The number of benzene rings is 2. The van der Waals surface area contributed by atoms with Crippen LogP contribution in [0.2, 0.25) is 0 Å². The second-order valence-electron chi connectivity index (χ2n) is 8.92. The molecule has 0 aliphatic heterocycles. The van der Waals surface area contributed by atoms with Crippen molar-refractivity contribution in [2.75, 3.05) is 12.8 Å². The first-order valence-corrected chi connectivity index (χ1v) is 12.3. The Morgan fingerprint density at radius 2 is 1.80 bits per heavy atom. The molecule has 6 heteroatoms. The van der Waals surface area contributed by atoms with Crippen LogP contribution in [0.3, 0.4) is 0 Å². The van der Waals surface area contributed by atoms with E-state index in [1.807, 2.05) is 24.4 Å². The number of hydrogen-bond donors (Lipinski definition) is 1. The Kier molecular flexibility index (Phi) is 6.73. The van der Waals surface area contributed by atoms with E-state index in [0.717, 1.165) is 76.9 Å². The normalized spacial score (nSPS) is 12.4. The molecule has 0 aliphatic carbocycles. The molecule has 2 N–H and O–H groups in total. The highest BCUT2D eigenvalue weighted by molar-refractivity contribution is 5.91. The summed E-state index contributed by atoms with van der Waals surface area (Å²) in [6.07, 6.45) is 9.04. The molecule has 0 fully saturated rings. The first-order valence-electron chi connectivity index (χ1n) is 12.3. The third kappa shape index (κ3) is 4.75. The van der Waals surface area contributed by atoms with Gasteiger partial charge < -0.3 is 10.5 Å². The number of pyridine rings is 1. The van der Waals surface area contributed by atoms with E-state index in [1.54, 1.807) is 13.3 Å². The van der Waals surface area contributed by atoms with Gasteiger partial charge in [-0.1, -0.05) is 61.9 Å². The molecule has 0 aliphatic rings. The van der Waals surface area contributed by atoms with Crippen molar-refractivity contribution < 1.29 is 4.74 Å². The maximum atomic E-state index is 6.35. The number of ether oxygens (including phenoxy) is 1. The number of rotatable bonds is 9. The highest BCUT2D eigenvalue weighted by atomic mass is 16.5. The van der Waals surface area contributed by atoms with Crippen LogP contribution in [0, 0.1) is 0 Å². The van der Waals surface area contributed by atoms with Crippen LogP contribution < -0.4 is 5.73 Å². The fourth-order valence-corrected chi connectivity index (χ4v) is 4.73. The minimum Gasteiger partial charge on any atom is -0.382 e. The standard InChI is InChI=1S/C29H31N5O/c1-3-8-23(35-2)11-7-12-26-33-27(28-29(30)31-17-18-34(26)28)22-14-13-21-15-16-24(32-25(21)19-22)20-9-5-4-6-10-20/h4-6,9-10,13-19,23H,3,7-8,11-12H2,1-2H3,(H2,30,31). The van der Waals surface area contributed by atoms with E-state index in [4.69, 9.17) is 20.4 Å². The molecule has 0 saturated carbocycles. The van der Waals surface area contributed by atoms with Crippen LogP contribution in [0.5, 0.6) is 0 Å². The molecule has 6 nitrogen and oxygen atoms in total. The summed E-state index contributed by atoms with van der Waals surface area (Å²) in [7, 11) is 1.80. The first kappa shape index (κ1) is 23.0. The Bertz CT molecular complexity index is 1440. The molecule has 35 heavy (non-hydrogen) atoms. The minimum atomic E-state index is 0.294. The van der Waals surface area contributed by atoms with Crippen molar-refractivity contribution >= 4 is 22.2 Å². The number of imidazole rings is 1. The topological polar surface area (TPSA) is 78.3 Å². The van der Waals surface area contributed by atoms with Crippen molar-refractivity contribution in [2.24, 2.45) is 0 Å². The van der Waals surface area contributed by atoms with Crippen LogP contribution in [0.4, 0.5) is 5.82 Å². The van der Waals surface area contributed by atoms with Gasteiger partial charge in [0.15, 0.2) is 0 Å². The van der Waals surface area contributed by atoms with Crippen LogP contribution in [0.1, 0.15) is 38.4 Å². The molecule has 2 aromatic carbocycles. The summed E-state index contributed by atoms with van der Waals surface area (Å²) < 4.78 is 7.71. The average Bonchev–Trinajstić information content (AvgIpc) is 3.28. The van der Waals surface area contributed by atoms with E-state index in [9.17, 15) is 0 Å². The lowest BCUT2D eigenvalue weighted by Gasteiger charge is -2.13. The van der Waals surface area contributed by atoms with Gasteiger partial charge in [-0.2, -0.15) is 0 Å². The van der Waals surface area contributed by atoms with Crippen molar-refractivity contribution in [3.05, 3.63) is 78.9 Å². The largest absolute Gasteiger partial charge is 0.382 e. The number of methoxy groups -OCH3 is 1. The third-order valence-electron chi connectivity index (χ3n) is 6.56. The number of anilines is 1. The van der Waals surface area contributed by atoms with Gasteiger partial charge in [0.1, 0.15) is 22.9 Å². The van der Waals surface area contributed by atoms with Crippen LogP contribution in [0.15, 0.2) is 73.1 Å². The van der Waals surface area contributed by atoms with Crippen LogP contribution in [0.25, 0.3) is 38.9 Å². The molecular weight excluding hydrogens is 434 g/mol. The Labute approximate surface area is 205 Å². The zero-order valence-electron chi connectivity index (χ0n) is 20.3. The van der Waals surface area contributed by atoms with Crippen molar-refractivity contribution in [3.8, 4) is 22.5 Å². The number of fused-ring (bicyclic) bond motifs is 2. The molecular formula is C29H31N5O. The summed E-state index contributed by atoms with van der Waals surface area (Å²) >= 11 is 0. The van der Waals surface area contributed by atoms with Crippen molar-refractivity contribution in [2.45, 2.75) is 45.1 Å². The Morgan fingerprint density at radius 3 is 2.60 bits per heavy atom. The molecule has 178 valence electrons. The average molecular weight is 466 g/mol. The zero-order chi connectivity index (χ0) is 24.2. The predicted molar refractivity (Wildman–Crippen MR) is 142 cm³/mol. The summed E-state index contributed by atoms with van der Waals surface area (Å²) in [5.41, 5.74) is 12.0. The molecule has 0 saturated heterocycles. The van der Waals surface area contributed by atoms with Gasteiger partial charge in [-0.15, -0.1) is 0 Å². The molecule has 1 atom stereocenters. The van der Waals surface area contributed by atoms with Gasteiger partial charge in [0.05, 0.1) is 17.3 Å². The van der Waals surface area contributed by atoms with E-state index in [1.165, 1.54) is 0 Å². The Morgan fingerprint density at radius 1 is 0.971 bits per heavy atom. The quantitative estimate of drug-likeness (QED) is 0.275. The Hall–Kier alpha value is -3.77. The van der Waals surface area contributed by atoms with Crippen LogP contribution >= 0.6 is 0 Å². The monoisotopic (exact) mass is 465 g/mol. The van der Waals surface area contributed by atoms with Gasteiger partial charge >= 0.3 is 0 Å². The van der Waals surface area contributed by atoms with E-state index in [2.05, 4.69) is 58.8 Å². The van der Waals surface area contributed by atoms with Crippen molar-refractivity contribution in [1.29, 1.82) is 0 Å². The molecule has 3 aromatic heterocycles. The van der Waals surface area contributed by atoms with E-state index in [-0.39, 0.29) is 0 Å². The Balaban J connectivity index is 1.51. The summed E-state index contributed by atoms with van der Waals surface area (Å²) in [5.74, 6) is 1.47.